The minimum absolute atomic E-state index is 0. The summed E-state index contributed by atoms with van der Waals surface area (Å²) in [5, 5.41) is 75.9. The first kappa shape index (κ1) is 107. The van der Waals surface area contributed by atoms with Gasteiger partial charge in [-0.05, 0) is 13.0 Å². The van der Waals surface area contributed by atoms with Crippen molar-refractivity contribution in [3.63, 3.8) is 0 Å². The van der Waals surface area contributed by atoms with E-state index < -0.39 is 106 Å². The molecular formula is C50H113N4Na2O16PS2. The number of carboxylic acids is 1. The van der Waals surface area contributed by atoms with Crippen molar-refractivity contribution in [1.82, 2.24) is 14.9 Å². The van der Waals surface area contributed by atoms with Crippen molar-refractivity contribution in [3.05, 3.63) is 35.4 Å². The van der Waals surface area contributed by atoms with Crippen molar-refractivity contribution < 1.29 is 132 Å². The molecule has 11 atom stereocenters. The summed E-state index contributed by atoms with van der Waals surface area (Å²) >= 11 is 0. The number of aliphatic hydroxyl groups excluding tert-OH is 6. The van der Waals surface area contributed by atoms with Gasteiger partial charge < -0.3 is 70.5 Å². The normalized spacial score (nSPS) is 21.2. The van der Waals surface area contributed by atoms with Gasteiger partial charge in [-0.15, -0.1) is 6.58 Å². The van der Waals surface area contributed by atoms with E-state index in [1.165, 1.54) is 42.5 Å². The van der Waals surface area contributed by atoms with Gasteiger partial charge in [-0.3, -0.25) is 18.5 Å². The fourth-order valence-electron chi connectivity index (χ4n) is 4.47. The number of hydrogen-bond acceptors (Lipinski definition) is 20. The maximum Gasteiger partial charge on any atom is 1.00 e. The first-order chi connectivity index (χ1) is 33.1. The Hall–Kier alpha value is -0.150. The van der Waals surface area contributed by atoms with E-state index in [-0.39, 0.29) is 93.0 Å². The second-order valence-corrected chi connectivity index (χ2v) is 17.1. The van der Waals surface area contributed by atoms with Gasteiger partial charge in [0.1, 0.15) is 48.4 Å². The number of carbonyl (C=O) groups excluding carboxylic acids is 2. The number of anilines is 1. The minimum Gasteiger partial charge on any atom is -0.756 e. The Morgan fingerprint density at radius 3 is 1.68 bits per heavy atom. The summed E-state index contributed by atoms with van der Waals surface area (Å²) in [4.78, 5) is 53.0. The number of phosphoric acid groups is 1. The maximum atomic E-state index is 12.8. The van der Waals surface area contributed by atoms with Crippen LogP contribution in [0.15, 0.2) is 29.7 Å². The number of aliphatic hydroxyl groups is 6. The second-order valence-electron chi connectivity index (χ2n) is 13.1. The van der Waals surface area contributed by atoms with E-state index in [9.17, 15) is 59.6 Å². The fourth-order valence-corrected chi connectivity index (χ4v) is 6.92. The minimum atomic E-state index is -5.83. The number of aromatic nitrogens is 2. The second kappa shape index (κ2) is 71.9. The summed E-state index contributed by atoms with van der Waals surface area (Å²) < 4.78 is 33.5. The van der Waals surface area contributed by atoms with E-state index in [4.69, 9.17) is 15.2 Å². The van der Waals surface area contributed by atoms with Crippen LogP contribution in [-0.2, 0) is 32.7 Å². The Morgan fingerprint density at radius 1 is 0.907 bits per heavy atom. The number of aliphatic carboxylic acids is 1. The number of nitrogen functional groups attached to an aromatic ring is 1. The van der Waals surface area contributed by atoms with Gasteiger partial charge in [0.15, 0.2) is 6.23 Å². The molecule has 20 nitrogen and oxygen atoms in total. The van der Waals surface area contributed by atoms with Crippen molar-refractivity contribution in [3.8, 4) is 0 Å². The summed E-state index contributed by atoms with van der Waals surface area (Å²) in [6, 6.07) is -0.439. The molecule has 1 aromatic heterocycles. The number of nitrogens with zero attached hydrogens (tertiary/aromatic N) is 2. The Balaban J connectivity index is -0.0000001000. The van der Waals surface area contributed by atoms with E-state index in [2.05, 4.69) is 81.3 Å². The fraction of sp³-hybridized carbons (Fsp3) is 0.840. The first-order valence-electron chi connectivity index (χ1n) is 24.8. The molecule has 0 saturated carbocycles. The number of allylic oxidation sites excluding steroid dienone is 1. The summed E-state index contributed by atoms with van der Waals surface area (Å²) in [7, 11) is -3.36. The van der Waals surface area contributed by atoms with Gasteiger partial charge in [-0.2, -0.15) is 4.98 Å². The van der Waals surface area contributed by atoms with Gasteiger partial charge in [0, 0.05) is 18.4 Å². The molecule has 0 bridgehead atoms. The molecule has 9 unspecified atom stereocenters. The quantitative estimate of drug-likeness (QED) is 0.0410. The summed E-state index contributed by atoms with van der Waals surface area (Å²) in [5.74, 6) is -6.10. The van der Waals surface area contributed by atoms with Crippen LogP contribution in [-0.4, -0.2) is 131 Å². The van der Waals surface area contributed by atoms with Gasteiger partial charge in [-0.25, -0.2) is 4.79 Å². The van der Waals surface area contributed by atoms with Crippen LogP contribution < -0.4 is 85.9 Å². The number of carboxylic acid groups (broad SMARTS) is 1. The standard InChI is InChI=1S/C22H35N4O16PS2.4C3H8.C3H6.5C2H6.3CH4.2Na/c1-2-44-45-8-13(30)25-14-9(28)5-22(20(34)35,41-18(14)15(31)10(29)6-27)42-43(37,38)39-7-11-16(32)17(33)19(40-11)26-4-3-12(23)24-21(26)36;5*1-3-2;5*1-2;;;;;/h3-4,9-11,14-19,27-29,31-33H,2,5-8H2,1H3,(H,25,30)(H,34,35)(H,37,38)(H2,23,24,36);4*3H2,1-2H3;3H,1H2,2H3;5*1-2H3;3*1H4;;/q;;;;;;;;;;;;;;2*+1/p-2/t9?,10-,11?,14?,15-,16?,17?,18?,19?,22?;;;;;;;;;;;;;;;/m1.............../s1. The number of rotatable bonds is 15. The zero-order valence-corrected chi connectivity index (χ0v) is 55.0. The molecule has 3 heterocycles. The molecule has 9 N–H and O–H groups in total. The molecule has 75 heavy (non-hydrogen) atoms. The Morgan fingerprint density at radius 2 is 1.32 bits per heavy atom. The zero-order valence-electron chi connectivity index (χ0n) is 48.5. The molecule has 25 heteroatoms. The van der Waals surface area contributed by atoms with E-state index in [1.54, 1.807) is 6.08 Å². The average molecular weight is 1170 g/mol. The number of hydrogen-bond donors (Lipinski definition) is 8. The third-order valence-corrected chi connectivity index (χ3v) is 9.97. The zero-order chi connectivity index (χ0) is 57.2. The van der Waals surface area contributed by atoms with Crippen LogP contribution in [0.3, 0.4) is 0 Å². The number of nitrogens with one attached hydrogen (secondary N) is 1. The van der Waals surface area contributed by atoms with Crippen LogP contribution in [0.1, 0.15) is 199 Å². The van der Waals surface area contributed by atoms with Crippen molar-refractivity contribution in [2.45, 2.75) is 254 Å². The SMILES string of the molecule is C.C.C.C=CC.CC.CC.CC.CC.CC.CCC.CCC.CCC.CCC.CCSSCC(=O)NC1C(O)CC(OP(=O)([O-])OCC2OC(n3ccc(N)nc3=O)C(O)C2O)(C(=O)[O-])OC1[C@H](O)[C@H](O)CO.[Na+].[Na+]. The van der Waals surface area contributed by atoms with Crippen LogP contribution in [0.2, 0.25) is 0 Å². The molecule has 448 valence electrons. The molecule has 2 fully saturated rings. The van der Waals surface area contributed by atoms with Crippen LogP contribution in [0.4, 0.5) is 5.82 Å². The van der Waals surface area contributed by atoms with Gasteiger partial charge in [0.05, 0.1) is 31.1 Å². The number of ether oxygens (including phenoxy) is 2. The largest absolute Gasteiger partial charge is 1.00 e. The molecule has 2 aliphatic rings. The molecule has 1 aromatic rings. The van der Waals surface area contributed by atoms with E-state index in [1.807, 2.05) is 83.1 Å². The van der Waals surface area contributed by atoms with Crippen LogP contribution in [0.5, 0.6) is 0 Å². The van der Waals surface area contributed by atoms with E-state index in [0.717, 1.165) is 21.6 Å². The number of carbonyl (C=O) groups is 2. The number of nitrogens with two attached hydrogens (primary N) is 1. The molecule has 0 aliphatic carbocycles. The molecule has 0 aromatic carbocycles. The van der Waals surface area contributed by atoms with Crippen molar-refractivity contribution in [2.75, 3.05) is 30.5 Å². The number of amides is 1. The first-order valence-corrected chi connectivity index (χ1v) is 28.8. The van der Waals surface area contributed by atoms with Gasteiger partial charge in [0.2, 0.25) is 11.7 Å². The molecular weight excluding hydrogens is 1050 g/mol. The Labute approximate surface area is 509 Å². The third kappa shape index (κ3) is 49.4. The average Bonchev–Trinajstić information content (AvgIpc) is 3.62. The van der Waals surface area contributed by atoms with Crippen LogP contribution in [0.25, 0.3) is 0 Å². The van der Waals surface area contributed by atoms with Gasteiger partial charge in [0.25, 0.3) is 7.82 Å². The molecule has 1 amide bonds. The maximum absolute atomic E-state index is 12.8. The van der Waals surface area contributed by atoms with Crippen molar-refractivity contribution >= 4 is 47.1 Å². The van der Waals surface area contributed by atoms with Crippen LogP contribution in [0, 0.1) is 0 Å². The van der Waals surface area contributed by atoms with E-state index >= 15 is 0 Å². The summed E-state index contributed by atoms with van der Waals surface area (Å²) in [6.07, 6.45) is -8.44. The van der Waals surface area contributed by atoms with E-state index in [0.29, 0.717) is 5.75 Å². The predicted molar refractivity (Wildman–Crippen MR) is 305 cm³/mol. The van der Waals surface area contributed by atoms with Crippen LogP contribution >= 0.6 is 29.4 Å². The van der Waals surface area contributed by atoms with Crippen molar-refractivity contribution in [1.29, 1.82) is 0 Å². The monoisotopic (exact) mass is 1170 g/mol. The Kier molecular flexibility index (Phi) is 102. The molecule has 3 rings (SSSR count). The third-order valence-electron chi connectivity index (χ3n) is 6.64. The van der Waals surface area contributed by atoms with Crippen molar-refractivity contribution in [2.24, 2.45) is 0 Å². The molecule has 2 saturated heterocycles. The summed E-state index contributed by atoms with van der Waals surface area (Å²) in [6.45, 7) is 41.9. The number of phosphoric ester groups is 1. The van der Waals surface area contributed by atoms with Gasteiger partial charge >= 0.3 is 64.8 Å². The molecule has 0 radical (unpaired) electrons. The Bertz CT molecular complexity index is 1430. The molecule has 0 spiro atoms. The molecule has 2 aliphatic heterocycles. The van der Waals surface area contributed by atoms with Gasteiger partial charge in [-0.1, -0.05) is 207 Å². The topological polar surface area (TPSA) is 329 Å². The smallest absolute Gasteiger partial charge is 0.756 e. The predicted octanol–water partition coefficient (Wildman–Crippen LogP) is 2.05. The summed E-state index contributed by atoms with van der Waals surface area (Å²) in [5.41, 5.74) is 4.45.